The zero-order chi connectivity index (χ0) is 20.8. The minimum Gasteiger partial charge on any atom is -0.492 e. The Morgan fingerprint density at radius 3 is 2.31 bits per heavy atom. The highest BCUT2D eigenvalue weighted by Gasteiger charge is 2.11. The Kier molecular flexibility index (Phi) is 6.57. The number of hydrogen-bond acceptors (Lipinski definition) is 4. The molecule has 0 saturated carbocycles. The number of carbonyl (C=O) groups is 2. The van der Waals surface area contributed by atoms with Gasteiger partial charge in [0.2, 0.25) is 0 Å². The van der Waals surface area contributed by atoms with E-state index in [-0.39, 0.29) is 17.6 Å². The minimum atomic E-state index is -0.360. The Bertz CT molecular complexity index is 983. The summed E-state index contributed by atoms with van der Waals surface area (Å²) < 4.78 is 10.7. The standard InChI is InChI=1S/C22H21ClN2O4/c1-14(2)13-29-19-10-9-17(12-18(19)23)25-21(26)15-5-7-16(8-6-15)24-22(27)20-4-3-11-28-20/h3-12,14H,13H2,1-2H3,(H,24,27)(H,25,26). The van der Waals surface area contributed by atoms with Crippen molar-refractivity contribution in [1.29, 1.82) is 0 Å². The summed E-state index contributed by atoms with van der Waals surface area (Å²) >= 11 is 6.23. The monoisotopic (exact) mass is 412 g/mol. The lowest BCUT2D eigenvalue weighted by molar-refractivity contribution is 0.0995. The molecule has 150 valence electrons. The van der Waals surface area contributed by atoms with Crippen LogP contribution in [0.4, 0.5) is 11.4 Å². The molecule has 29 heavy (non-hydrogen) atoms. The van der Waals surface area contributed by atoms with E-state index in [1.807, 2.05) is 0 Å². The largest absolute Gasteiger partial charge is 0.492 e. The van der Waals surface area contributed by atoms with Gasteiger partial charge in [-0.25, -0.2) is 0 Å². The van der Waals surface area contributed by atoms with Crippen LogP contribution < -0.4 is 15.4 Å². The number of halogens is 1. The van der Waals surface area contributed by atoms with Crippen LogP contribution >= 0.6 is 11.6 Å². The Morgan fingerprint density at radius 2 is 1.69 bits per heavy atom. The molecule has 6 nitrogen and oxygen atoms in total. The van der Waals surface area contributed by atoms with E-state index in [0.29, 0.717) is 40.2 Å². The Hall–Kier alpha value is -3.25. The summed E-state index contributed by atoms with van der Waals surface area (Å²) in [5.41, 5.74) is 1.56. The number of hydrogen-bond donors (Lipinski definition) is 2. The topological polar surface area (TPSA) is 80.6 Å². The van der Waals surface area contributed by atoms with Gasteiger partial charge in [-0.2, -0.15) is 0 Å². The Morgan fingerprint density at radius 1 is 1.00 bits per heavy atom. The van der Waals surface area contributed by atoms with Gasteiger partial charge in [0.25, 0.3) is 11.8 Å². The fourth-order valence-corrected chi connectivity index (χ4v) is 2.70. The normalized spacial score (nSPS) is 10.6. The first-order valence-corrected chi connectivity index (χ1v) is 9.49. The fraction of sp³-hybridized carbons (Fsp3) is 0.182. The highest BCUT2D eigenvalue weighted by Crippen LogP contribution is 2.28. The van der Waals surface area contributed by atoms with Crippen LogP contribution in [0.15, 0.2) is 65.3 Å². The van der Waals surface area contributed by atoms with Gasteiger partial charge in [0.1, 0.15) is 5.75 Å². The number of nitrogens with one attached hydrogen (secondary N) is 2. The summed E-state index contributed by atoms with van der Waals surface area (Å²) in [5.74, 6) is 0.527. The maximum absolute atomic E-state index is 12.5. The van der Waals surface area contributed by atoms with Crippen LogP contribution in [-0.2, 0) is 0 Å². The number of amides is 2. The first-order chi connectivity index (χ1) is 13.9. The highest BCUT2D eigenvalue weighted by molar-refractivity contribution is 6.32. The van der Waals surface area contributed by atoms with Gasteiger partial charge >= 0.3 is 0 Å². The number of ether oxygens (including phenoxy) is 1. The maximum Gasteiger partial charge on any atom is 0.291 e. The van der Waals surface area contributed by atoms with Crippen molar-refractivity contribution in [1.82, 2.24) is 0 Å². The lowest BCUT2D eigenvalue weighted by Crippen LogP contribution is -2.13. The zero-order valence-corrected chi connectivity index (χ0v) is 16.8. The number of rotatable bonds is 7. The first-order valence-electron chi connectivity index (χ1n) is 9.11. The van der Waals surface area contributed by atoms with E-state index < -0.39 is 0 Å². The average Bonchev–Trinajstić information content (AvgIpc) is 3.23. The van der Waals surface area contributed by atoms with E-state index in [9.17, 15) is 9.59 Å². The summed E-state index contributed by atoms with van der Waals surface area (Å²) in [6.45, 7) is 4.67. The second-order valence-corrected chi connectivity index (χ2v) is 7.22. The Labute approximate surface area is 173 Å². The highest BCUT2D eigenvalue weighted by atomic mass is 35.5. The van der Waals surface area contributed by atoms with Crippen LogP contribution in [0.1, 0.15) is 34.8 Å². The molecule has 2 N–H and O–H groups in total. The van der Waals surface area contributed by atoms with E-state index in [1.54, 1.807) is 54.6 Å². The minimum absolute atomic E-state index is 0.213. The lowest BCUT2D eigenvalue weighted by atomic mass is 10.2. The van der Waals surface area contributed by atoms with Crippen LogP contribution in [0.25, 0.3) is 0 Å². The molecule has 1 heterocycles. The summed E-state index contributed by atoms with van der Waals surface area (Å²) in [6.07, 6.45) is 1.43. The molecule has 7 heteroatoms. The molecule has 0 radical (unpaired) electrons. The second-order valence-electron chi connectivity index (χ2n) is 6.81. The van der Waals surface area contributed by atoms with Crippen molar-refractivity contribution >= 4 is 34.8 Å². The lowest BCUT2D eigenvalue weighted by Gasteiger charge is -2.12. The molecule has 0 saturated heterocycles. The third-order valence-electron chi connectivity index (χ3n) is 3.91. The van der Waals surface area contributed by atoms with Crippen LogP contribution in [0, 0.1) is 5.92 Å². The van der Waals surface area contributed by atoms with Gasteiger partial charge in [-0.05, 0) is 60.5 Å². The van der Waals surface area contributed by atoms with Crippen LogP contribution in [0.3, 0.4) is 0 Å². The van der Waals surface area contributed by atoms with Crippen LogP contribution in [0.2, 0.25) is 5.02 Å². The molecule has 0 fully saturated rings. The molecule has 0 aliphatic carbocycles. The van der Waals surface area contributed by atoms with Gasteiger partial charge in [0.05, 0.1) is 17.9 Å². The summed E-state index contributed by atoms with van der Waals surface area (Å²) in [4.78, 5) is 24.4. The smallest absolute Gasteiger partial charge is 0.291 e. The number of anilines is 2. The third-order valence-corrected chi connectivity index (χ3v) is 4.21. The van der Waals surface area contributed by atoms with Crippen molar-refractivity contribution < 1.29 is 18.7 Å². The van der Waals surface area contributed by atoms with Crippen molar-refractivity contribution in [2.75, 3.05) is 17.2 Å². The van der Waals surface area contributed by atoms with Crippen molar-refractivity contribution in [3.63, 3.8) is 0 Å². The SMILES string of the molecule is CC(C)COc1ccc(NC(=O)c2ccc(NC(=O)c3ccco3)cc2)cc1Cl. The Balaban J connectivity index is 1.60. The molecule has 0 unspecified atom stereocenters. The van der Waals surface area contributed by atoms with Crippen LogP contribution in [0.5, 0.6) is 5.75 Å². The molecule has 2 aromatic carbocycles. The molecule has 0 aliphatic heterocycles. The van der Waals surface area contributed by atoms with Crippen molar-refractivity contribution in [2.24, 2.45) is 5.92 Å². The molecule has 0 bridgehead atoms. The van der Waals surface area contributed by atoms with Crippen molar-refractivity contribution in [2.45, 2.75) is 13.8 Å². The van der Waals surface area contributed by atoms with Gasteiger partial charge in [-0.1, -0.05) is 25.4 Å². The average molecular weight is 413 g/mol. The van der Waals surface area contributed by atoms with E-state index in [2.05, 4.69) is 24.5 Å². The number of furan rings is 1. The van der Waals surface area contributed by atoms with Crippen molar-refractivity contribution in [3.8, 4) is 5.75 Å². The molecule has 2 amide bonds. The predicted molar refractivity (Wildman–Crippen MR) is 113 cm³/mol. The van der Waals surface area contributed by atoms with Gasteiger partial charge in [0, 0.05) is 16.9 Å². The molecule has 0 atom stereocenters. The van der Waals surface area contributed by atoms with Crippen molar-refractivity contribution in [3.05, 3.63) is 77.2 Å². The molecular formula is C22H21ClN2O4. The first kappa shape index (κ1) is 20.5. The second kappa shape index (κ2) is 9.30. The third kappa shape index (κ3) is 5.62. The molecule has 3 aromatic rings. The quantitative estimate of drug-likeness (QED) is 0.539. The molecule has 0 spiro atoms. The van der Waals surface area contributed by atoms with Gasteiger partial charge < -0.3 is 19.8 Å². The van der Waals surface area contributed by atoms with E-state index in [1.165, 1.54) is 6.26 Å². The molecular weight excluding hydrogens is 392 g/mol. The van der Waals surface area contributed by atoms with Gasteiger partial charge in [-0.3, -0.25) is 9.59 Å². The fourth-order valence-electron chi connectivity index (χ4n) is 2.46. The molecule has 0 aliphatic rings. The zero-order valence-electron chi connectivity index (χ0n) is 16.1. The van der Waals surface area contributed by atoms with E-state index in [0.717, 1.165) is 0 Å². The van der Waals surface area contributed by atoms with E-state index >= 15 is 0 Å². The number of benzene rings is 2. The maximum atomic E-state index is 12.5. The summed E-state index contributed by atoms with van der Waals surface area (Å²) in [6, 6.07) is 14.8. The van der Waals surface area contributed by atoms with E-state index in [4.69, 9.17) is 20.8 Å². The summed E-state index contributed by atoms with van der Waals surface area (Å²) in [7, 11) is 0. The van der Waals surface area contributed by atoms with Gasteiger partial charge in [0.15, 0.2) is 5.76 Å². The molecule has 1 aromatic heterocycles. The van der Waals surface area contributed by atoms with Crippen LogP contribution in [-0.4, -0.2) is 18.4 Å². The predicted octanol–water partition coefficient (Wildman–Crippen LogP) is 5.47. The summed E-state index contributed by atoms with van der Waals surface area (Å²) in [5, 5.41) is 5.92. The molecule has 3 rings (SSSR count). The van der Waals surface area contributed by atoms with Gasteiger partial charge in [-0.15, -0.1) is 0 Å². The number of carbonyl (C=O) groups excluding carboxylic acids is 2.